The largest absolute Gasteiger partial charge is 0.461 e. The van der Waals surface area contributed by atoms with Crippen LogP contribution in [0.25, 0.3) is 0 Å². The summed E-state index contributed by atoms with van der Waals surface area (Å²) in [6, 6.07) is 0. The minimum Gasteiger partial charge on any atom is -0.461 e. The van der Waals surface area contributed by atoms with Crippen LogP contribution in [-0.2, 0) is 9.53 Å². The molecule has 0 bridgehead atoms. The lowest BCUT2D eigenvalue weighted by Gasteiger charge is -2.24. The van der Waals surface area contributed by atoms with Crippen LogP contribution in [0.1, 0.15) is 20.3 Å². The number of ether oxygens (including phenoxy) is 1. The van der Waals surface area contributed by atoms with Gasteiger partial charge in [-0.2, -0.15) is 0 Å². The maximum absolute atomic E-state index is 10.9. The van der Waals surface area contributed by atoms with Gasteiger partial charge in [0.05, 0.1) is 6.61 Å². The van der Waals surface area contributed by atoms with Crippen molar-refractivity contribution in [2.45, 2.75) is 20.3 Å². The van der Waals surface area contributed by atoms with E-state index in [9.17, 15) is 4.79 Å². The minimum absolute atomic E-state index is 0.139. The van der Waals surface area contributed by atoms with Crippen molar-refractivity contribution in [1.82, 2.24) is 0 Å². The van der Waals surface area contributed by atoms with E-state index in [1.807, 2.05) is 0 Å². The third-order valence-corrected chi connectivity index (χ3v) is 2.18. The normalized spacial score (nSPS) is 27.8. The number of nitrogens with zero attached hydrogens (tertiary/aromatic N) is 1. The van der Waals surface area contributed by atoms with E-state index >= 15 is 0 Å². The van der Waals surface area contributed by atoms with Crippen molar-refractivity contribution in [3.8, 4) is 0 Å². The van der Waals surface area contributed by atoms with E-state index in [2.05, 4.69) is 19.0 Å². The van der Waals surface area contributed by atoms with Crippen LogP contribution in [0.3, 0.4) is 0 Å². The molecule has 0 spiro atoms. The van der Waals surface area contributed by atoms with Crippen molar-refractivity contribution < 1.29 is 14.7 Å². The first-order chi connectivity index (χ1) is 5.65. The first-order valence-electron chi connectivity index (χ1n) is 4.03. The number of hydrogen-bond donors (Lipinski definition) is 1. The van der Waals surface area contributed by atoms with Gasteiger partial charge in [-0.15, -0.1) is 0 Å². The van der Waals surface area contributed by atoms with Gasteiger partial charge >= 0.3 is 5.97 Å². The molecule has 0 saturated carbocycles. The predicted molar refractivity (Wildman–Crippen MR) is 43.1 cm³/mol. The maximum atomic E-state index is 10.9. The number of carbonyl (C=O) groups is 1. The fraction of sp³-hybridized carbons (Fsp3) is 0.750. The highest BCUT2D eigenvalue weighted by Crippen LogP contribution is 2.20. The third-order valence-electron chi connectivity index (χ3n) is 2.18. The molecular formula is C8H13NO3. The van der Waals surface area contributed by atoms with Crippen LogP contribution in [-0.4, -0.2) is 23.5 Å². The average Bonchev–Trinajstić information content (AvgIpc) is 2.05. The highest BCUT2D eigenvalue weighted by atomic mass is 16.5. The Hall–Kier alpha value is -1.06. The third kappa shape index (κ3) is 1.75. The fourth-order valence-electron chi connectivity index (χ4n) is 1.17. The van der Waals surface area contributed by atoms with Gasteiger partial charge in [0.1, 0.15) is 0 Å². The van der Waals surface area contributed by atoms with Gasteiger partial charge in [-0.25, -0.2) is 4.79 Å². The Bertz CT molecular complexity index is 210. The maximum Gasteiger partial charge on any atom is 0.356 e. The topological polar surface area (TPSA) is 58.9 Å². The fourth-order valence-corrected chi connectivity index (χ4v) is 1.17. The number of rotatable bonds is 1. The van der Waals surface area contributed by atoms with Crippen LogP contribution < -0.4 is 0 Å². The monoisotopic (exact) mass is 171 g/mol. The Morgan fingerprint density at radius 2 is 2.33 bits per heavy atom. The highest BCUT2D eigenvalue weighted by molar-refractivity contribution is 6.36. The molecule has 0 aromatic heterocycles. The van der Waals surface area contributed by atoms with Crippen LogP contribution >= 0.6 is 0 Å². The summed E-state index contributed by atoms with van der Waals surface area (Å²) in [5, 5.41) is 11.4. The van der Waals surface area contributed by atoms with Crippen molar-refractivity contribution >= 4 is 11.7 Å². The molecule has 4 nitrogen and oxygen atoms in total. The second-order valence-corrected chi connectivity index (χ2v) is 3.35. The van der Waals surface area contributed by atoms with Gasteiger partial charge in [0.25, 0.3) is 0 Å². The first-order valence-corrected chi connectivity index (χ1v) is 4.03. The molecule has 1 aliphatic heterocycles. The second-order valence-electron chi connectivity index (χ2n) is 3.35. The summed E-state index contributed by atoms with van der Waals surface area (Å²) in [6.07, 6.45) is 0.521. The van der Waals surface area contributed by atoms with E-state index in [4.69, 9.17) is 9.94 Å². The van der Waals surface area contributed by atoms with E-state index in [-0.39, 0.29) is 11.6 Å². The van der Waals surface area contributed by atoms with Crippen molar-refractivity contribution in [3.05, 3.63) is 0 Å². The molecule has 1 atom stereocenters. The van der Waals surface area contributed by atoms with Crippen molar-refractivity contribution in [2.24, 2.45) is 17.0 Å². The number of carbonyl (C=O) groups excluding carboxylic acids is 1. The summed E-state index contributed by atoms with van der Waals surface area (Å²) < 4.78 is 4.83. The molecule has 0 radical (unpaired) electrons. The van der Waals surface area contributed by atoms with Crippen LogP contribution in [0.2, 0.25) is 0 Å². The minimum atomic E-state index is -0.491. The molecule has 0 amide bonds. The summed E-state index contributed by atoms with van der Waals surface area (Å²) in [7, 11) is 0. The predicted octanol–water partition coefficient (Wildman–Crippen LogP) is 1.04. The van der Waals surface area contributed by atoms with Crippen molar-refractivity contribution in [2.75, 3.05) is 6.61 Å². The first kappa shape index (κ1) is 9.03. The summed E-state index contributed by atoms with van der Waals surface area (Å²) >= 11 is 0. The molecule has 1 saturated heterocycles. The van der Waals surface area contributed by atoms with Crippen molar-refractivity contribution in [1.29, 1.82) is 0 Å². The van der Waals surface area contributed by atoms with E-state index in [1.54, 1.807) is 0 Å². The molecule has 1 fully saturated rings. The summed E-state index contributed by atoms with van der Waals surface area (Å²) in [4.78, 5) is 10.9. The molecule has 0 aromatic carbocycles. The Balaban J connectivity index is 2.62. The molecule has 0 aliphatic carbocycles. The molecule has 1 heterocycles. The van der Waals surface area contributed by atoms with Crippen LogP contribution in [0.5, 0.6) is 0 Å². The standard InChI is InChI=1S/C8H13NO3/c1-5(2)6-3-7(9-11)8(10)12-4-6/h5-6,11H,3-4H2,1-2H3/b9-7+/t6-/m1/s1. The number of oxime groups is 1. The van der Waals surface area contributed by atoms with Crippen molar-refractivity contribution in [3.63, 3.8) is 0 Å². The Labute approximate surface area is 71.2 Å². The molecular weight excluding hydrogens is 158 g/mol. The summed E-state index contributed by atoms with van der Waals surface area (Å²) in [6.45, 7) is 4.55. The molecule has 1 aliphatic rings. The molecule has 12 heavy (non-hydrogen) atoms. The number of cyclic esters (lactones) is 1. The van der Waals surface area contributed by atoms with Gasteiger partial charge in [0, 0.05) is 12.3 Å². The van der Waals surface area contributed by atoms with Crippen LogP contribution in [0.15, 0.2) is 5.16 Å². The van der Waals surface area contributed by atoms with E-state index in [0.717, 1.165) is 0 Å². The smallest absolute Gasteiger partial charge is 0.356 e. The van der Waals surface area contributed by atoms with E-state index in [0.29, 0.717) is 18.9 Å². The Morgan fingerprint density at radius 1 is 1.67 bits per heavy atom. The Morgan fingerprint density at radius 3 is 2.83 bits per heavy atom. The molecule has 68 valence electrons. The lowest BCUT2D eigenvalue weighted by Crippen LogP contribution is -2.33. The van der Waals surface area contributed by atoms with Crippen LogP contribution in [0.4, 0.5) is 0 Å². The number of esters is 1. The van der Waals surface area contributed by atoms with Gasteiger partial charge in [-0.1, -0.05) is 19.0 Å². The number of hydrogen-bond acceptors (Lipinski definition) is 4. The molecule has 0 aromatic rings. The van der Waals surface area contributed by atoms with Crippen LogP contribution in [0, 0.1) is 11.8 Å². The van der Waals surface area contributed by atoms with E-state index < -0.39 is 5.97 Å². The molecule has 4 heteroatoms. The van der Waals surface area contributed by atoms with Gasteiger partial charge in [-0.3, -0.25) is 0 Å². The lowest BCUT2D eigenvalue weighted by atomic mass is 9.90. The lowest BCUT2D eigenvalue weighted by molar-refractivity contribution is -0.139. The summed E-state index contributed by atoms with van der Waals surface area (Å²) in [5.74, 6) is 0.234. The van der Waals surface area contributed by atoms with Gasteiger partial charge in [-0.05, 0) is 5.92 Å². The zero-order valence-electron chi connectivity index (χ0n) is 7.28. The highest BCUT2D eigenvalue weighted by Gasteiger charge is 2.28. The van der Waals surface area contributed by atoms with Gasteiger partial charge in [0.2, 0.25) is 0 Å². The summed E-state index contributed by atoms with van der Waals surface area (Å²) in [5.41, 5.74) is 0.139. The second kappa shape index (κ2) is 3.56. The molecule has 1 rings (SSSR count). The molecule has 0 unspecified atom stereocenters. The quantitative estimate of drug-likeness (QED) is 0.364. The average molecular weight is 171 g/mol. The van der Waals surface area contributed by atoms with Gasteiger partial charge in [0.15, 0.2) is 5.71 Å². The van der Waals surface area contributed by atoms with Gasteiger partial charge < -0.3 is 9.94 Å². The zero-order chi connectivity index (χ0) is 9.14. The van der Waals surface area contributed by atoms with E-state index in [1.165, 1.54) is 0 Å². The molecule has 1 N–H and O–H groups in total. The SMILES string of the molecule is CC(C)[C@H]1COC(=O)/C(=N/O)C1. The Kier molecular flexibility index (Phi) is 2.68. The zero-order valence-corrected chi connectivity index (χ0v) is 7.28.